The molecule has 3 rings (SSSR count). The number of thiazole rings is 1. The Morgan fingerprint density at radius 1 is 1.37 bits per heavy atom. The van der Waals surface area contributed by atoms with Gasteiger partial charge in [0, 0.05) is 11.5 Å². The molecule has 0 amide bonds. The second kappa shape index (κ2) is 4.78. The fraction of sp³-hybridized carbons (Fsp3) is 0.231. The Balaban J connectivity index is 2.13. The van der Waals surface area contributed by atoms with E-state index in [0.29, 0.717) is 31.2 Å². The van der Waals surface area contributed by atoms with E-state index in [-0.39, 0.29) is 5.92 Å². The van der Waals surface area contributed by atoms with Gasteiger partial charge in [0.1, 0.15) is 9.88 Å². The second-order valence-corrected chi connectivity index (χ2v) is 6.20. The molecule has 19 heavy (non-hydrogen) atoms. The average molecular weight is 314 g/mol. The topological polar surface area (TPSA) is 50.2 Å². The number of halogens is 2. The summed E-state index contributed by atoms with van der Waals surface area (Å²) in [4.78, 5) is 16.0. The summed E-state index contributed by atoms with van der Waals surface area (Å²) in [5.74, 6) is -0.641. The molecule has 0 radical (unpaired) electrons. The molecule has 0 bridgehead atoms. The van der Waals surface area contributed by atoms with Gasteiger partial charge in [-0.2, -0.15) is 0 Å². The van der Waals surface area contributed by atoms with Crippen molar-refractivity contribution in [1.82, 2.24) is 4.98 Å². The van der Waals surface area contributed by atoms with Crippen LogP contribution in [0.1, 0.15) is 34.1 Å². The Morgan fingerprint density at radius 3 is 2.74 bits per heavy atom. The first-order valence-electron chi connectivity index (χ1n) is 5.76. The maximum Gasteiger partial charge on any atom is 0.347 e. The highest BCUT2D eigenvalue weighted by atomic mass is 35.5. The first-order valence-corrected chi connectivity index (χ1v) is 7.33. The number of nitrogens with zero attached hydrogens (tertiary/aromatic N) is 1. The number of hydrogen-bond acceptors (Lipinski definition) is 3. The number of benzene rings is 1. The van der Waals surface area contributed by atoms with Crippen LogP contribution in [0.4, 0.5) is 0 Å². The van der Waals surface area contributed by atoms with Crippen molar-refractivity contribution < 1.29 is 9.90 Å². The molecular weight excluding hydrogens is 305 g/mol. The monoisotopic (exact) mass is 313 g/mol. The maximum atomic E-state index is 11.3. The summed E-state index contributed by atoms with van der Waals surface area (Å²) in [5.41, 5.74) is 1.37. The van der Waals surface area contributed by atoms with Gasteiger partial charge in [-0.05, 0) is 18.9 Å². The van der Waals surface area contributed by atoms with Crippen LogP contribution in [0.3, 0.4) is 0 Å². The van der Waals surface area contributed by atoms with Crippen LogP contribution in [0, 0.1) is 0 Å². The number of hydrogen-bond donors (Lipinski definition) is 1. The lowest BCUT2D eigenvalue weighted by Crippen LogP contribution is -1.97. The highest BCUT2D eigenvalue weighted by molar-refractivity contribution is 7.17. The first-order chi connectivity index (χ1) is 9.08. The molecule has 1 fully saturated rings. The fourth-order valence-electron chi connectivity index (χ4n) is 1.90. The van der Waals surface area contributed by atoms with Crippen LogP contribution in [0.25, 0.3) is 10.6 Å². The Labute approximate surface area is 123 Å². The van der Waals surface area contributed by atoms with Crippen LogP contribution in [-0.2, 0) is 0 Å². The van der Waals surface area contributed by atoms with Crippen LogP contribution in [0.5, 0.6) is 0 Å². The van der Waals surface area contributed by atoms with E-state index in [9.17, 15) is 9.90 Å². The average Bonchev–Trinajstić information content (AvgIpc) is 3.12. The molecular formula is C13H9Cl2NO2S. The summed E-state index contributed by atoms with van der Waals surface area (Å²) >= 11 is 13.3. The third kappa shape index (κ3) is 2.36. The van der Waals surface area contributed by atoms with E-state index in [1.807, 2.05) is 0 Å². The molecule has 1 N–H and O–H groups in total. The Bertz CT molecular complexity index is 665. The van der Waals surface area contributed by atoms with Crippen LogP contribution in [0.2, 0.25) is 10.0 Å². The minimum Gasteiger partial charge on any atom is -0.477 e. The second-order valence-electron chi connectivity index (χ2n) is 4.41. The van der Waals surface area contributed by atoms with Crippen molar-refractivity contribution in [2.24, 2.45) is 0 Å². The number of rotatable bonds is 3. The van der Waals surface area contributed by atoms with Crippen molar-refractivity contribution in [2.45, 2.75) is 18.8 Å². The smallest absolute Gasteiger partial charge is 0.347 e. The third-order valence-corrected chi connectivity index (χ3v) is 4.91. The molecule has 0 atom stereocenters. The summed E-state index contributed by atoms with van der Waals surface area (Å²) in [7, 11) is 0. The van der Waals surface area contributed by atoms with Gasteiger partial charge in [0.15, 0.2) is 0 Å². The van der Waals surface area contributed by atoms with E-state index in [2.05, 4.69) is 4.98 Å². The van der Waals surface area contributed by atoms with Crippen molar-refractivity contribution in [3.8, 4) is 10.6 Å². The molecule has 6 heteroatoms. The summed E-state index contributed by atoms with van der Waals surface area (Å²) < 4.78 is 0. The molecule has 1 saturated carbocycles. The van der Waals surface area contributed by atoms with Gasteiger partial charge in [0.25, 0.3) is 0 Å². The number of aromatic nitrogens is 1. The number of aromatic carboxylic acids is 1. The summed E-state index contributed by atoms with van der Waals surface area (Å²) in [6, 6.07) is 5.28. The molecule has 1 heterocycles. The highest BCUT2D eigenvalue weighted by Crippen LogP contribution is 2.45. The fourth-order valence-corrected chi connectivity index (χ4v) is 3.37. The van der Waals surface area contributed by atoms with E-state index in [1.165, 1.54) is 0 Å². The van der Waals surface area contributed by atoms with Gasteiger partial charge in [-0.1, -0.05) is 35.3 Å². The van der Waals surface area contributed by atoms with Crippen LogP contribution < -0.4 is 0 Å². The van der Waals surface area contributed by atoms with Gasteiger partial charge in [-0.15, -0.1) is 11.3 Å². The lowest BCUT2D eigenvalue weighted by atomic mass is 10.2. The molecule has 0 saturated heterocycles. The quantitative estimate of drug-likeness (QED) is 0.894. The zero-order chi connectivity index (χ0) is 13.6. The van der Waals surface area contributed by atoms with Crippen LogP contribution in [-0.4, -0.2) is 16.1 Å². The van der Waals surface area contributed by atoms with E-state index in [4.69, 9.17) is 23.2 Å². The van der Waals surface area contributed by atoms with Gasteiger partial charge in [-0.25, -0.2) is 9.78 Å². The highest BCUT2D eigenvalue weighted by Gasteiger charge is 2.32. The molecule has 0 spiro atoms. The van der Waals surface area contributed by atoms with Crippen molar-refractivity contribution >= 4 is 40.5 Å². The predicted octanol–water partition coefficient (Wildman–Crippen LogP) is 4.69. The van der Waals surface area contributed by atoms with E-state index in [1.54, 1.807) is 18.2 Å². The third-order valence-electron chi connectivity index (χ3n) is 2.99. The number of carboxylic acid groups (broad SMARTS) is 1. The lowest BCUT2D eigenvalue weighted by Gasteiger charge is -2.01. The molecule has 1 aliphatic rings. The molecule has 98 valence electrons. The van der Waals surface area contributed by atoms with Gasteiger partial charge >= 0.3 is 5.97 Å². The van der Waals surface area contributed by atoms with Gasteiger partial charge in [0.2, 0.25) is 0 Å². The Morgan fingerprint density at radius 2 is 2.11 bits per heavy atom. The number of carboxylic acids is 1. The van der Waals surface area contributed by atoms with E-state index >= 15 is 0 Å². The SMILES string of the molecule is O=C(O)c1sc(-c2cccc(Cl)c2Cl)nc1C1CC1. The lowest BCUT2D eigenvalue weighted by molar-refractivity contribution is 0.0700. The molecule has 1 aliphatic carbocycles. The van der Waals surface area contributed by atoms with Crippen LogP contribution >= 0.6 is 34.5 Å². The minimum atomic E-state index is -0.927. The largest absolute Gasteiger partial charge is 0.477 e. The summed E-state index contributed by atoms with van der Waals surface area (Å²) in [5, 5.41) is 10.7. The standard InChI is InChI=1S/C13H9Cl2NO2S/c14-8-3-1-2-7(9(8)15)12-16-10(6-4-5-6)11(19-12)13(17)18/h1-3,6H,4-5H2,(H,17,18). The van der Waals surface area contributed by atoms with Gasteiger partial charge in [0.05, 0.1) is 15.7 Å². The normalized spacial score (nSPS) is 14.6. The Hall–Kier alpha value is -1.10. The van der Waals surface area contributed by atoms with Gasteiger partial charge < -0.3 is 5.11 Å². The predicted molar refractivity (Wildman–Crippen MR) is 76.5 cm³/mol. The maximum absolute atomic E-state index is 11.3. The zero-order valence-electron chi connectivity index (χ0n) is 9.69. The van der Waals surface area contributed by atoms with Crippen molar-refractivity contribution in [1.29, 1.82) is 0 Å². The Kier molecular flexibility index (Phi) is 3.25. The molecule has 3 nitrogen and oxygen atoms in total. The molecule has 0 unspecified atom stereocenters. The number of carbonyl (C=O) groups is 1. The minimum absolute atomic E-state index is 0.286. The van der Waals surface area contributed by atoms with Crippen LogP contribution in [0.15, 0.2) is 18.2 Å². The first kappa shape index (κ1) is 12.9. The van der Waals surface area contributed by atoms with Crippen molar-refractivity contribution in [3.63, 3.8) is 0 Å². The van der Waals surface area contributed by atoms with Crippen molar-refractivity contribution in [2.75, 3.05) is 0 Å². The molecule has 2 aromatic rings. The van der Waals surface area contributed by atoms with Crippen molar-refractivity contribution in [3.05, 3.63) is 38.8 Å². The van der Waals surface area contributed by atoms with Gasteiger partial charge in [-0.3, -0.25) is 0 Å². The molecule has 1 aromatic carbocycles. The van der Waals surface area contributed by atoms with E-state index in [0.717, 1.165) is 24.2 Å². The van der Waals surface area contributed by atoms with E-state index < -0.39 is 5.97 Å². The molecule has 0 aliphatic heterocycles. The molecule has 1 aromatic heterocycles. The summed E-state index contributed by atoms with van der Waals surface area (Å²) in [6.07, 6.45) is 2.01. The zero-order valence-corrected chi connectivity index (χ0v) is 12.0. The summed E-state index contributed by atoms with van der Waals surface area (Å²) in [6.45, 7) is 0.